The molecule has 0 amide bonds. The van der Waals surface area contributed by atoms with Crippen molar-refractivity contribution in [2.75, 3.05) is 30.8 Å². The molecular formula is C24H30N6OS. The molecule has 2 aliphatic rings. The minimum absolute atomic E-state index is 0.563. The van der Waals surface area contributed by atoms with Gasteiger partial charge in [-0.2, -0.15) is 4.98 Å². The summed E-state index contributed by atoms with van der Waals surface area (Å²) in [7, 11) is 0. The monoisotopic (exact) mass is 450 g/mol. The SMILES string of the molecule is CCc1cnc(N2CCC(Cc3noc(-c4ccc5c(c4)CCN(SC)C5)n3)CC2)nc1. The minimum atomic E-state index is 0.563. The Morgan fingerprint density at radius 2 is 1.91 bits per heavy atom. The van der Waals surface area contributed by atoms with Crippen molar-refractivity contribution < 1.29 is 4.52 Å². The number of aryl methyl sites for hydroxylation is 1. The van der Waals surface area contributed by atoms with Crippen molar-refractivity contribution in [1.29, 1.82) is 0 Å². The van der Waals surface area contributed by atoms with Crippen LogP contribution in [0.1, 0.15) is 42.3 Å². The lowest BCUT2D eigenvalue weighted by Crippen LogP contribution is -2.35. The summed E-state index contributed by atoms with van der Waals surface area (Å²) in [5.41, 5.74) is 5.00. The first-order valence-electron chi connectivity index (χ1n) is 11.5. The highest BCUT2D eigenvalue weighted by molar-refractivity contribution is 7.96. The van der Waals surface area contributed by atoms with Crippen LogP contribution in [0.5, 0.6) is 0 Å². The maximum Gasteiger partial charge on any atom is 0.257 e. The van der Waals surface area contributed by atoms with Crippen molar-refractivity contribution in [2.24, 2.45) is 5.92 Å². The fourth-order valence-electron chi connectivity index (χ4n) is 4.56. The number of nitrogens with zero attached hydrogens (tertiary/aromatic N) is 6. The Balaban J connectivity index is 1.18. The first kappa shape index (κ1) is 21.4. The van der Waals surface area contributed by atoms with Gasteiger partial charge in [-0.1, -0.05) is 30.1 Å². The Morgan fingerprint density at radius 3 is 2.66 bits per heavy atom. The van der Waals surface area contributed by atoms with Crippen LogP contribution in [0.25, 0.3) is 11.5 Å². The van der Waals surface area contributed by atoms with Crippen LogP contribution in [0.2, 0.25) is 0 Å². The molecule has 4 heterocycles. The number of hydrogen-bond donors (Lipinski definition) is 0. The highest BCUT2D eigenvalue weighted by atomic mass is 32.2. The zero-order chi connectivity index (χ0) is 21.9. The van der Waals surface area contributed by atoms with Crippen LogP contribution in [0.3, 0.4) is 0 Å². The van der Waals surface area contributed by atoms with Gasteiger partial charge in [-0.15, -0.1) is 0 Å². The Labute approximate surface area is 193 Å². The van der Waals surface area contributed by atoms with Crippen LogP contribution < -0.4 is 4.90 Å². The number of hydrogen-bond acceptors (Lipinski definition) is 8. The van der Waals surface area contributed by atoms with Crippen molar-refractivity contribution in [3.05, 3.63) is 53.1 Å². The third-order valence-electron chi connectivity index (χ3n) is 6.63. The highest BCUT2D eigenvalue weighted by Gasteiger charge is 2.23. The maximum absolute atomic E-state index is 5.63. The van der Waals surface area contributed by atoms with E-state index in [1.165, 1.54) is 16.7 Å². The lowest BCUT2D eigenvalue weighted by atomic mass is 9.93. The molecule has 7 nitrogen and oxygen atoms in total. The molecule has 0 spiro atoms. The van der Waals surface area contributed by atoms with Crippen molar-refractivity contribution in [1.82, 2.24) is 24.4 Å². The van der Waals surface area contributed by atoms with E-state index >= 15 is 0 Å². The number of benzene rings is 1. The van der Waals surface area contributed by atoms with Gasteiger partial charge in [-0.3, -0.25) is 0 Å². The van der Waals surface area contributed by atoms with E-state index in [2.05, 4.69) is 55.7 Å². The smallest absolute Gasteiger partial charge is 0.257 e. The number of fused-ring (bicyclic) bond motifs is 1. The summed E-state index contributed by atoms with van der Waals surface area (Å²) in [6.45, 7) is 6.15. The quantitative estimate of drug-likeness (QED) is 0.518. The first-order chi connectivity index (χ1) is 15.7. The van der Waals surface area contributed by atoms with E-state index in [0.29, 0.717) is 11.8 Å². The molecule has 3 aromatic rings. The lowest BCUT2D eigenvalue weighted by molar-refractivity contribution is 0.376. The molecule has 0 radical (unpaired) electrons. The molecule has 0 saturated carbocycles. The van der Waals surface area contributed by atoms with Gasteiger partial charge in [-0.25, -0.2) is 14.3 Å². The van der Waals surface area contributed by atoms with Crippen LogP contribution in [0, 0.1) is 5.92 Å². The molecule has 168 valence electrons. The van der Waals surface area contributed by atoms with E-state index < -0.39 is 0 Å². The molecule has 1 saturated heterocycles. The number of anilines is 1. The predicted octanol–water partition coefficient (Wildman–Crippen LogP) is 4.18. The molecule has 0 bridgehead atoms. The zero-order valence-corrected chi connectivity index (χ0v) is 19.6. The Morgan fingerprint density at radius 1 is 1.09 bits per heavy atom. The topological polar surface area (TPSA) is 71.2 Å². The van der Waals surface area contributed by atoms with E-state index in [4.69, 9.17) is 9.51 Å². The summed E-state index contributed by atoms with van der Waals surface area (Å²) in [5.74, 6) is 2.86. The number of aromatic nitrogens is 4. The van der Waals surface area contributed by atoms with Crippen molar-refractivity contribution in [3.8, 4) is 11.5 Å². The Bertz CT molecular complexity index is 1040. The lowest BCUT2D eigenvalue weighted by Gasteiger charge is -2.31. The first-order valence-corrected chi connectivity index (χ1v) is 12.7. The Kier molecular flexibility index (Phi) is 6.41. The Hall–Kier alpha value is -2.45. The molecular weight excluding hydrogens is 420 g/mol. The zero-order valence-electron chi connectivity index (χ0n) is 18.8. The second kappa shape index (κ2) is 9.58. The summed E-state index contributed by atoms with van der Waals surface area (Å²) in [4.78, 5) is 16.1. The van der Waals surface area contributed by atoms with E-state index in [-0.39, 0.29) is 0 Å². The molecule has 8 heteroatoms. The molecule has 0 unspecified atom stereocenters. The van der Waals surface area contributed by atoms with Crippen molar-refractivity contribution >= 4 is 17.9 Å². The summed E-state index contributed by atoms with van der Waals surface area (Å²) in [6.07, 6.45) is 11.1. The van der Waals surface area contributed by atoms with E-state index in [1.54, 1.807) is 0 Å². The van der Waals surface area contributed by atoms with Gasteiger partial charge < -0.3 is 9.42 Å². The largest absolute Gasteiger partial charge is 0.341 e. The van der Waals surface area contributed by atoms with Gasteiger partial charge >= 0.3 is 0 Å². The minimum Gasteiger partial charge on any atom is -0.341 e. The summed E-state index contributed by atoms with van der Waals surface area (Å²) < 4.78 is 8.03. The second-order valence-corrected chi connectivity index (χ2v) is 9.56. The van der Waals surface area contributed by atoms with Gasteiger partial charge in [0.25, 0.3) is 5.89 Å². The van der Waals surface area contributed by atoms with E-state index in [9.17, 15) is 0 Å². The molecule has 0 aliphatic carbocycles. The van der Waals surface area contributed by atoms with Gasteiger partial charge in [0, 0.05) is 50.6 Å². The molecule has 32 heavy (non-hydrogen) atoms. The van der Waals surface area contributed by atoms with Crippen molar-refractivity contribution in [3.63, 3.8) is 0 Å². The summed E-state index contributed by atoms with van der Waals surface area (Å²) >= 11 is 1.81. The van der Waals surface area contributed by atoms with Crippen LogP contribution in [-0.4, -0.2) is 50.3 Å². The van der Waals surface area contributed by atoms with Crippen LogP contribution in [-0.2, 0) is 25.8 Å². The van der Waals surface area contributed by atoms with Crippen LogP contribution >= 0.6 is 11.9 Å². The van der Waals surface area contributed by atoms with Gasteiger partial charge in [0.2, 0.25) is 5.95 Å². The van der Waals surface area contributed by atoms with Gasteiger partial charge in [0.15, 0.2) is 5.82 Å². The van der Waals surface area contributed by atoms with Gasteiger partial charge in [0.05, 0.1) is 0 Å². The van der Waals surface area contributed by atoms with Gasteiger partial charge in [0.1, 0.15) is 0 Å². The van der Waals surface area contributed by atoms with Crippen LogP contribution in [0.4, 0.5) is 5.95 Å². The molecule has 0 N–H and O–H groups in total. The van der Waals surface area contributed by atoms with Crippen LogP contribution in [0.15, 0.2) is 35.1 Å². The molecule has 1 fully saturated rings. The molecule has 1 aromatic carbocycles. The standard InChI is InChI=1S/C24H30N6OS/c1-3-17-14-25-24(26-15-17)29-9-6-18(7-10-29)12-22-27-23(31-28-22)20-4-5-21-16-30(32-2)11-8-19(21)13-20/h4-5,13-15,18H,3,6-12,16H2,1-2H3. The molecule has 5 rings (SSSR count). The number of rotatable bonds is 6. The summed E-state index contributed by atoms with van der Waals surface area (Å²) in [5, 5.41) is 4.28. The normalized spacial score (nSPS) is 17.5. The molecule has 2 aromatic heterocycles. The van der Waals surface area contributed by atoms with Gasteiger partial charge in [-0.05, 0) is 66.7 Å². The molecule has 0 atom stereocenters. The third-order valence-corrected chi connectivity index (χ3v) is 7.45. The number of piperidine rings is 1. The molecule has 2 aliphatic heterocycles. The average Bonchev–Trinajstić information content (AvgIpc) is 3.32. The average molecular weight is 451 g/mol. The summed E-state index contributed by atoms with van der Waals surface area (Å²) in [6, 6.07) is 6.55. The highest BCUT2D eigenvalue weighted by Crippen LogP contribution is 2.28. The second-order valence-electron chi connectivity index (χ2n) is 8.67. The maximum atomic E-state index is 5.63. The van der Waals surface area contributed by atoms with E-state index in [0.717, 1.165) is 75.6 Å². The van der Waals surface area contributed by atoms with Crippen molar-refractivity contribution in [2.45, 2.75) is 45.6 Å². The third kappa shape index (κ3) is 4.66. The predicted molar refractivity (Wildman–Crippen MR) is 127 cm³/mol. The fraction of sp³-hybridized carbons (Fsp3) is 0.500. The van der Waals surface area contributed by atoms with E-state index in [1.807, 2.05) is 24.3 Å². The fourth-order valence-corrected chi connectivity index (χ4v) is 5.10.